The van der Waals surface area contributed by atoms with E-state index in [1.807, 2.05) is 0 Å². The second-order valence-corrected chi connectivity index (χ2v) is 4.11. The number of alkyl halides is 7. The van der Waals surface area contributed by atoms with E-state index in [0.717, 1.165) is 6.07 Å². The molecule has 0 spiro atoms. The molecular weight excluding hydrogens is 337 g/mol. The monoisotopic (exact) mass is 340 g/mol. The highest BCUT2D eigenvalue weighted by Crippen LogP contribution is 2.43. The predicted molar refractivity (Wildman–Crippen MR) is 54.1 cm³/mol. The molecule has 0 aliphatic rings. The van der Waals surface area contributed by atoms with Crippen molar-refractivity contribution in [3.63, 3.8) is 0 Å². The van der Waals surface area contributed by atoms with Crippen LogP contribution in [0, 0.1) is 0 Å². The SMILES string of the molecule is FC(F)(F)c1cc(Cl)cc(CBr)c1C(F)(F)F. The molecule has 8 heteroatoms. The minimum Gasteiger partial charge on any atom is -0.166 e. The summed E-state index contributed by atoms with van der Waals surface area (Å²) in [5, 5.41) is -0.759. The summed E-state index contributed by atoms with van der Waals surface area (Å²) >= 11 is 8.08. The van der Waals surface area contributed by atoms with E-state index >= 15 is 0 Å². The Morgan fingerprint density at radius 2 is 1.53 bits per heavy atom. The van der Waals surface area contributed by atoms with E-state index in [-0.39, 0.29) is 16.4 Å². The summed E-state index contributed by atoms with van der Waals surface area (Å²) < 4.78 is 75.3. The van der Waals surface area contributed by atoms with Crippen LogP contribution >= 0.6 is 27.5 Å². The van der Waals surface area contributed by atoms with E-state index in [1.165, 1.54) is 0 Å². The van der Waals surface area contributed by atoms with Crippen LogP contribution in [0.5, 0.6) is 0 Å². The van der Waals surface area contributed by atoms with Crippen LogP contribution in [0.15, 0.2) is 12.1 Å². The number of benzene rings is 1. The van der Waals surface area contributed by atoms with Gasteiger partial charge in [-0.05, 0) is 17.7 Å². The van der Waals surface area contributed by atoms with Crippen molar-refractivity contribution in [1.82, 2.24) is 0 Å². The zero-order chi connectivity index (χ0) is 13.4. The van der Waals surface area contributed by atoms with Crippen LogP contribution < -0.4 is 0 Å². The van der Waals surface area contributed by atoms with Gasteiger partial charge in [-0.1, -0.05) is 27.5 Å². The Hall–Kier alpha value is -0.430. The smallest absolute Gasteiger partial charge is 0.166 e. The van der Waals surface area contributed by atoms with Gasteiger partial charge in [0, 0.05) is 10.4 Å². The molecule has 1 aromatic carbocycles. The lowest BCUT2D eigenvalue weighted by atomic mass is 10.0. The van der Waals surface area contributed by atoms with Gasteiger partial charge in [-0.15, -0.1) is 0 Å². The third-order valence-corrected chi connectivity index (χ3v) is 2.74. The molecule has 0 amide bonds. The van der Waals surface area contributed by atoms with Crippen molar-refractivity contribution in [2.75, 3.05) is 0 Å². The van der Waals surface area contributed by atoms with E-state index in [2.05, 4.69) is 15.9 Å². The minimum absolute atomic E-state index is 0.274. The normalized spacial score (nSPS) is 12.9. The maximum absolute atomic E-state index is 12.6. The van der Waals surface area contributed by atoms with Crippen LogP contribution in [0.2, 0.25) is 5.02 Å². The first-order chi connectivity index (χ1) is 7.57. The fraction of sp³-hybridized carbons (Fsp3) is 0.333. The second-order valence-electron chi connectivity index (χ2n) is 3.12. The van der Waals surface area contributed by atoms with Crippen molar-refractivity contribution in [2.45, 2.75) is 17.7 Å². The Bertz CT molecular complexity index is 423. The maximum Gasteiger partial charge on any atom is 0.417 e. The van der Waals surface area contributed by atoms with Gasteiger partial charge in [-0.25, -0.2) is 0 Å². The summed E-state index contributed by atoms with van der Waals surface area (Å²) in [6, 6.07) is 1.13. The van der Waals surface area contributed by atoms with Gasteiger partial charge >= 0.3 is 12.4 Å². The molecule has 0 bridgehead atoms. The Kier molecular flexibility index (Phi) is 4.03. The summed E-state index contributed by atoms with van der Waals surface area (Å²) in [7, 11) is 0. The van der Waals surface area contributed by atoms with Crippen molar-refractivity contribution in [1.29, 1.82) is 0 Å². The Morgan fingerprint density at radius 3 is 1.88 bits per heavy atom. The van der Waals surface area contributed by atoms with Crippen LogP contribution in [0.3, 0.4) is 0 Å². The van der Waals surface area contributed by atoms with Crippen LogP contribution in [-0.4, -0.2) is 0 Å². The second kappa shape index (κ2) is 4.68. The molecule has 0 aliphatic heterocycles. The van der Waals surface area contributed by atoms with E-state index in [0.29, 0.717) is 0 Å². The van der Waals surface area contributed by atoms with Gasteiger partial charge in [0.25, 0.3) is 0 Å². The summed E-state index contributed by atoms with van der Waals surface area (Å²) in [6.07, 6.45) is -10.2. The Balaban J connectivity index is 3.63. The van der Waals surface area contributed by atoms with Gasteiger partial charge in [0.15, 0.2) is 0 Å². The highest BCUT2D eigenvalue weighted by atomic mass is 79.9. The molecule has 96 valence electrons. The fourth-order valence-corrected chi connectivity index (χ4v) is 2.01. The molecule has 0 heterocycles. The number of rotatable bonds is 1. The standard InChI is InChI=1S/C9H4BrClF6/c10-3-4-1-5(11)2-6(8(12,13)14)7(4)9(15,16)17/h1-2H,3H2. The molecule has 0 fully saturated rings. The van der Waals surface area contributed by atoms with Crippen LogP contribution in [0.1, 0.15) is 16.7 Å². The first-order valence-electron chi connectivity index (χ1n) is 4.10. The van der Waals surface area contributed by atoms with Crippen molar-refractivity contribution in [3.05, 3.63) is 33.8 Å². The molecule has 0 aliphatic carbocycles. The van der Waals surface area contributed by atoms with Gasteiger partial charge in [0.2, 0.25) is 0 Å². The zero-order valence-electron chi connectivity index (χ0n) is 7.89. The lowest BCUT2D eigenvalue weighted by molar-refractivity contribution is -0.162. The summed E-state index contributed by atoms with van der Waals surface area (Å²) in [6.45, 7) is 0. The zero-order valence-corrected chi connectivity index (χ0v) is 10.2. The molecule has 0 unspecified atom stereocenters. The first kappa shape index (κ1) is 14.6. The number of hydrogen-bond donors (Lipinski definition) is 0. The molecule has 0 nitrogen and oxygen atoms in total. The van der Waals surface area contributed by atoms with E-state index in [9.17, 15) is 26.3 Å². The number of halogens is 8. The van der Waals surface area contributed by atoms with Gasteiger partial charge in [-0.2, -0.15) is 26.3 Å². The molecule has 1 rings (SSSR count). The topological polar surface area (TPSA) is 0 Å². The highest BCUT2D eigenvalue weighted by Gasteiger charge is 2.44. The summed E-state index contributed by atoms with van der Waals surface area (Å²) in [5.74, 6) is 0. The lowest BCUT2D eigenvalue weighted by Gasteiger charge is -2.18. The van der Waals surface area contributed by atoms with Gasteiger partial charge in [0.05, 0.1) is 11.1 Å². The lowest BCUT2D eigenvalue weighted by Crippen LogP contribution is -2.18. The fourth-order valence-electron chi connectivity index (χ4n) is 1.33. The van der Waals surface area contributed by atoms with E-state index in [1.54, 1.807) is 0 Å². The van der Waals surface area contributed by atoms with Crippen molar-refractivity contribution < 1.29 is 26.3 Å². The van der Waals surface area contributed by atoms with E-state index in [4.69, 9.17) is 11.6 Å². The molecule has 1 aromatic rings. The predicted octanol–water partition coefficient (Wildman–Crippen LogP) is 5.27. The molecule has 0 saturated carbocycles. The summed E-state index contributed by atoms with van der Waals surface area (Å²) in [4.78, 5) is 0. The van der Waals surface area contributed by atoms with Crippen molar-refractivity contribution >= 4 is 27.5 Å². The molecule has 0 saturated heterocycles. The molecule has 0 atom stereocenters. The Labute approximate surface area is 106 Å². The average molecular weight is 341 g/mol. The maximum atomic E-state index is 12.6. The first-order valence-corrected chi connectivity index (χ1v) is 5.60. The molecule has 0 N–H and O–H groups in total. The van der Waals surface area contributed by atoms with Crippen LogP contribution in [-0.2, 0) is 17.7 Å². The van der Waals surface area contributed by atoms with Crippen LogP contribution in [0.4, 0.5) is 26.3 Å². The largest absolute Gasteiger partial charge is 0.417 e. The molecular formula is C9H4BrClF6. The third-order valence-electron chi connectivity index (χ3n) is 1.92. The molecule has 0 radical (unpaired) electrons. The van der Waals surface area contributed by atoms with Crippen molar-refractivity contribution in [2.24, 2.45) is 0 Å². The summed E-state index contributed by atoms with van der Waals surface area (Å²) in [5.41, 5.74) is -4.02. The van der Waals surface area contributed by atoms with Crippen molar-refractivity contribution in [3.8, 4) is 0 Å². The Morgan fingerprint density at radius 1 is 1.00 bits per heavy atom. The van der Waals surface area contributed by atoms with Gasteiger partial charge in [-0.3, -0.25) is 0 Å². The van der Waals surface area contributed by atoms with Gasteiger partial charge < -0.3 is 0 Å². The molecule has 17 heavy (non-hydrogen) atoms. The van der Waals surface area contributed by atoms with E-state index < -0.39 is 29.0 Å². The highest BCUT2D eigenvalue weighted by molar-refractivity contribution is 9.08. The van der Waals surface area contributed by atoms with Crippen LogP contribution in [0.25, 0.3) is 0 Å². The van der Waals surface area contributed by atoms with Gasteiger partial charge in [0.1, 0.15) is 0 Å². The average Bonchev–Trinajstić information content (AvgIpc) is 2.12. The molecule has 0 aromatic heterocycles. The quantitative estimate of drug-likeness (QED) is 0.482. The minimum atomic E-state index is -5.10. The third kappa shape index (κ3) is 3.28. The number of hydrogen-bond acceptors (Lipinski definition) is 0.